The van der Waals surface area contributed by atoms with Gasteiger partial charge in [-0.2, -0.15) is 0 Å². The van der Waals surface area contributed by atoms with Crippen molar-refractivity contribution in [3.63, 3.8) is 0 Å². The van der Waals surface area contributed by atoms with E-state index in [-0.39, 0.29) is 17.8 Å². The molecule has 3 heteroatoms. The molecule has 2 aliphatic carbocycles. The predicted molar refractivity (Wildman–Crippen MR) is 88.6 cm³/mol. The van der Waals surface area contributed by atoms with Crippen LogP contribution in [-0.2, 0) is 4.79 Å². The van der Waals surface area contributed by atoms with E-state index in [1.165, 1.54) is 12.0 Å². The summed E-state index contributed by atoms with van der Waals surface area (Å²) in [5, 5.41) is 20.5. The van der Waals surface area contributed by atoms with Gasteiger partial charge in [-0.25, -0.2) is 0 Å². The highest BCUT2D eigenvalue weighted by Crippen LogP contribution is 2.48. The number of Topliss-reactive ketones (excluding diaryl/α,β-unsaturated/α-hetero) is 1. The van der Waals surface area contributed by atoms with Gasteiger partial charge in [-0.05, 0) is 63.9 Å². The lowest BCUT2D eigenvalue weighted by molar-refractivity contribution is -0.118. The van der Waals surface area contributed by atoms with Crippen molar-refractivity contribution in [2.75, 3.05) is 0 Å². The molecular formula is C19H30O3. The summed E-state index contributed by atoms with van der Waals surface area (Å²) in [6.45, 7) is 4.24. The molecule has 0 heterocycles. The molecule has 2 N–H and O–H groups in total. The van der Waals surface area contributed by atoms with Crippen molar-refractivity contribution in [1.82, 2.24) is 0 Å². The Hall–Kier alpha value is -1.09. The molecule has 0 aromatic rings. The van der Waals surface area contributed by atoms with E-state index < -0.39 is 6.10 Å². The minimum Gasteiger partial charge on any atom is -0.512 e. The summed E-state index contributed by atoms with van der Waals surface area (Å²) in [6, 6.07) is 0. The molecule has 2 aliphatic rings. The predicted octanol–water partition coefficient (Wildman–Crippen LogP) is 4.32. The number of hydrogen-bond acceptors (Lipinski definition) is 3. The van der Waals surface area contributed by atoms with E-state index in [4.69, 9.17) is 0 Å². The lowest BCUT2D eigenvalue weighted by Crippen LogP contribution is -2.22. The summed E-state index contributed by atoms with van der Waals surface area (Å²) >= 11 is 0. The van der Waals surface area contributed by atoms with E-state index in [9.17, 15) is 15.0 Å². The average Bonchev–Trinajstić information content (AvgIpc) is 2.91. The first-order valence-corrected chi connectivity index (χ1v) is 8.71. The lowest BCUT2D eigenvalue weighted by Gasteiger charge is -2.19. The van der Waals surface area contributed by atoms with Crippen molar-refractivity contribution < 1.29 is 15.0 Å². The number of ketones is 1. The lowest BCUT2D eigenvalue weighted by atomic mass is 9.89. The maximum Gasteiger partial charge on any atom is 0.133 e. The smallest absolute Gasteiger partial charge is 0.133 e. The van der Waals surface area contributed by atoms with Gasteiger partial charge in [0.2, 0.25) is 0 Å². The fourth-order valence-corrected chi connectivity index (χ4v) is 4.04. The van der Waals surface area contributed by atoms with Gasteiger partial charge < -0.3 is 10.2 Å². The quantitative estimate of drug-likeness (QED) is 0.418. The van der Waals surface area contributed by atoms with Crippen LogP contribution in [-0.4, -0.2) is 22.1 Å². The summed E-state index contributed by atoms with van der Waals surface area (Å²) in [5.41, 5.74) is 1.37. The molecule has 3 nitrogen and oxygen atoms in total. The molecular weight excluding hydrogens is 276 g/mol. The molecule has 0 amide bonds. The Kier molecular flexibility index (Phi) is 6.25. The second-order valence-electron chi connectivity index (χ2n) is 7.25. The molecule has 4 atom stereocenters. The summed E-state index contributed by atoms with van der Waals surface area (Å²) in [5.74, 6) is 0.851. The number of carbonyl (C=O) groups is 1. The molecule has 2 rings (SSSR count). The molecule has 2 fully saturated rings. The van der Waals surface area contributed by atoms with Gasteiger partial charge in [0.1, 0.15) is 5.78 Å². The van der Waals surface area contributed by atoms with Crippen LogP contribution in [0.3, 0.4) is 0 Å². The molecule has 0 bridgehead atoms. The van der Waals surface area contributed by atoms with Gasteiger partial charge in [0.25, 0.3) is 0 Å². The van der Waals surface area contributed by atoms with Crippen molar-refractivity contribution in [3.8, 4) is 0 Å². The summed E-state index contributed by atoms with van der Waals surface area (Å²) in [6.07, 6.45) is 10.9. The van der Waals surface area contributed by atoms with Crippen molar-refractivity contribution in [3.05, 3.63) is 23.5 Å². The topological polar surface area (TPSA) is 57.5 Å². The number of carbonyl (C=O) groups excluding carboxylic acids is 1. The van der Waals surface area contributed by atoms with Crippen molar-refractivity contribution in [2.45, 2.75) is 71.3 Å². The Bertz CT molecular complexity index is 446. The molecule has 0 saturated heterocycles. The van der Waals surface area contributed by atoms with Crippen molar-refractivity contribution >= 4 is 5.78 Å². The zero-order chi connectivity index (χ0) is 16.1. The molecule has 0 aromatic heterocycles. The molecule has 2 unspecified atom stereocenters. The molecule has 124 valence electrons. The number of aliphatic hydroxyl groups is 2. The largest absolute Gasteiger partial charge is 0.512 e. The maximum absolute atomic E-state index is 11.6. The molecule has 0 spiro atoms. The Labute approximate surface area is 134 Å². The van der Waals surface area contributed by atoms with E-state index in [0.717, 1.165) is 25.7 Å². The van der Waals surface area contributed by atoms with Crippen LogP contribution in [0.1, 0.15) is 65.2 Å². The van der Waals surface area contributed by atoms with Gasteiger partial charge in [0.15, 0.2) is 0 Å². The van der Waals surface area contributed by atoms with Crippen LogP contribution in [0.15, 0.2) is 23.5 Å². The zero-order valence-electron chi connectivity index (χ0n) is 13.9. The van der Waals surface area contributed by atoms with Gasteiger partial charge in [-0.3, -0.25) is 4.79 Å². The number of rotatable bonds is 7. The Morgan fingerprint density at radius 3 is 2.50 bits per heavy atom. The van der Waals surface area contributed by atoms with E-state index in [0.29, 0.717) is 30.8 Å². The number of aliphatic hydroxyl groups excluding tert-OH is 2. The number of allylic oxidation sites excluding steroid dienone is 3. The van der Waals surface area contributed by atoms with E-state index >= 15 is 0 Å². The third-order valence-corrected chi connectivity index (χ3v) is 5.13. The van der Waals surface area contributed by atoms with Crippen molar-refractivity contribution in [2.24, 2.45) is 17.8 Å². The summed E-state index contributed by atoms with van der Waals surface area (Å²) in [4.78, 5) is 11.6. The van der Waals surface area contributed by atoms with Gasteiger partial charge in [0, 0.05) is 18.8 Å². The second-order valence-corrected chi connectivity index (χ2v) is 7.25. The third kappa shape index (κ3) is 4.45. The fraction of sp³-hybridized carbons (Fsp3) is 0.737. The van der Waals surface area contributed by atoms with Crippen LogP contribution < -0.4 is 0 Å². The molecule has 0 radical (unpaired) electrons. The standard InChI is InChI=1S/C19H30O3/c1-13(2)8-6-4-3-5-7-9-17(21)19-16-12-15(20)10-14(16)11-18(19)22/h8-9,14,16,18-19,21-22H,3-7,10-12H2,1-2H3/t14?,16?,18-,19+/m1/s1. The number of hydrogen-bond donors (Lipinski definition) is 2. The SMILES string of the molecule is CC(C)=CCCCCCC=C(O)[C@@H]1C2CC(=O)CC2C[C@H]1O. The van der Waals surface area contributed by atoms with Crippen molar-refractivity contribution in [1.29, 1.82) is 0 Å². The summed E-state index contributed by atoms with van der Waals surface area (Å²) in [7, 11) is 0. The Morgan fingerprint density at radius 1 is 1.14 bits per heavy atom. The van der Waals surface area contributed by atoms with E-state index in [1.807, 2.05) is 6.08 Å². The minimum absolute atomic E-state index is 0.163. The van der Waals surface area contributed by atoms with Crippen LogP contribution in [0, 0.1) is 17.8 Å². The summed E-state index contributed by atoms with van der Waals surface area (Å²) < 4.78 is 0. The van der Waals surface area contributed by atoms with Gasteiger partial charge in [-0.15, -0.1) is 0 Å². The third-order valence-electron chi connectivity index (χ3n) is 5.13. The van der Waals surface area contributed by atoms with Crippen LogP contribution in [0.5, 0.6) is 0 Å². The average molecular weight is 306 g/mol. The normalized spacial score (nSPS) is 31.4. The fourth-order valence-electron chi connectivity index (χ4n) is 4.04. The number of unbranched alkanes of at least 4 members (excludes halogenated alkanes) is 4. The monoisotopic (exact) mass is 306 g/mol. The Balaban J connectivity index is 1.74. The highest BCUT2D eigenvalue weighted by Gasteiger charge is 2.49. The van der Waals surface area contributed by atoms with Gasteiger partial charge >= 0.3 is 0 Å². The zero-order valence-corrected chi connectivity index (χ0v) is 13.9. The molecule has 0 aliphatic heterocycles. The first kappa shape index (κ1) is 17.3. The minimum atomic E-state index is -0.475. The van der Waals surface area contributed by atoms with Gasteiger partial charge in [0.05, 0.1) is 11.9 Å². The second kappa shape index (κ2) is 7.96. The Morgan fingerprint density at radius 2 is 1.82 bits per heavy atom. The van der Waals surface area contributed by atoms with Crippen LogP contribution >= 0.6 is 0 Å². The first-order valence-electron chi connectivity index (χ1n) is 8.71. The van der Waals surface area contributed by atoms with Gasteiger partial charge in [-0.1, -0.05) is 18.1 Å². The van der Waals surface area contributed by atoms with Crippen LogP contribution in [0.25, 0.3) is 0 Å². The van der Waals surface area contributed by atoms with Crippen LogP contribution in [0.4, 0.5) is 0 Å². The van der Waals surface area contributed by atoms with E-state index in [2.05, 4.69) is 19.9 Å². The molecule has 0 aromatic carbocycles. The molecule has 22 heavy (non-hydrogen) atoms. The van der Waals surface area contributed by atoms with Crippen LogP contribution in [0.2, 0.25) is 0 Å². The highest BCUT2D eigenvalue weighted by atomic mass is 16.3. The first-order chi connectivity index (χ1) is 10.5. The number of fused-ring (bicyclic) bond motifs is 1. The highest BCUT2D eigenvalue weighted by molar-refractivity contribution is 5.81. The van der Waals surface area contributed by atoms with E-state index in [1.54, 1.807) is 0 Å². The molecule has 2 saturated carbocycles. The maximum atomic E-state index is 11.6.